The highest BCUT2D eigenvalue weighted by molar-refractivity contribution is 6.05. The number of anilines is 2. The number of nitrogens with zero attached hydrogens (tertiary/aromatic N) is 1. The van der Waals surface area contributed by atoms with Gasteiger partial charge in [-0.05, 0) is 42.8 Å². The molecular weight excluding hydrogens is 322 g/mol. The number of nitro benzene ring substituents is 1. The van der Waals surface area contributed by atoms with E-state index in [4.69, 9.17) is 4.74 Å². The summed E-state index contributed by atoms with van der Waals surface area (Å²) in [6.07, 6.45) is 1.90. The van der Waals surface area contributed by atoms with Gasteiger partial charge in [-0.1, -0.05) is 13.3 Å². The van der Waals surface area contributed by atoms with Gasteiger partial charge < -0.3 is 15.4 Å². The third kappa shape index (κ3) is 4.94. The van der Waals surface area contributed by atoms with Crippen LogP contribution in [0, 0.1) is 10.1 Å². The zero-order chi connectivity index (χ0) is 18.2. The molecule has 132 valence electrons. The number of hydrogen-bond acceptors (Lipinski definition) is 5. The number of amides is 1. The van der Waals surface area contributed by atoms with E-state index in [2.05, 4.69) is 10.6 Å². The van der Waals surface area contributed by atoms with E-state index in [0.29, 0.717) is 23.7 Å². The zero-order valence-electron chi connectivity index (χ0n) is 14.2. The van der Waals surface area contributed by atoms with Crippen LogP contribution in [0.2, 0.25) is 0 Å². The molecule has 0 saturated heterocycles. The van der Waals surface area contributed by atoms with E-state index in [1.165, 1.54) is 6.07 Å². The Labute approximate surface area is 146 Å². The maximum absolute atomic E-state index is 12.3. The number of unbranched alkanes of at least 4 members (excludes halogenated alkanes) is 1. The molecule has 2 aromatic carbocycles. The van der Waals surface area contributed by atoms with Crippen molar-refractivity contribution in [3.05, 3.63) is 58.1 Å². The SMILES string of the molecule is CCCCNc1ccc(C(=O)Nc2ccc(OC)cc2)cc1[N+](=O)[O-]. The topological polar surface area (TPSA) is 93.5 Å². The third-order valence-electron chi connectivity index (χ3n) is 3.65. The summed E-state index contributed by atoms with van der Waals surface area (Å²) in [7, 11) is 1.56. The maximum Gasteiger partial charge on any atom is 0.293 e. The van der Waals surface area contributed by atoms with Gasteiger partial charge in [0.2, 0.25) is 0 Å². The van der Waals surface area contributed by atoms with Crippen LogP contribution in [0.1, 0.15) is 30.1 Å². The van der Waals surface area contributed by atoms with Crippen LogP contribution >= 0.6 is 0 Å². The highest BCUT2D eigenvalue weighted by Crippen LogP contribution is 2.26. The van der Waals surface area contributed by atoms with Gasteiger partial charge in [-0.2, -0.15) is 0 Å². The average Bonchev–Trinajstić information content (AvgIpc) is 2.62. The highest BCUT2D eigenvalue weighted by atomic mass is 16.6. The van der Waals surface area contributed by atoms with Crippen molar-refractivity contribution in [1.29, 1.82) is 0 Å². The van der Waals surface area contributed by atoms with Gasteiger partial charge in [0.1, 0.15) is 11.4 Å². The van der Waals surface area contributed by atoms with Gasteiger partial charge in [-0.25, -0.2) is 0 Å². The second kappa shape index (κ2) is 8.68. The number of methoxy groups -OCH3 is 1. The molecule has 0 heterocycles. The lowest BCUT2D eigenvalue weighted by molar-refractivity contribution is -0.384. The first-order valence-electron chi connectivity index (χ1n) is 8.03. The quantitative estimate of drug-likeness (QED) is 0.428. The molecule has 0 spiro atoms. The predicted octanol–water partition coefficient (Wildman–Crippen LogP) is 4.07. The molecule has 0 atom stereocenters. The fourth-order valence-corrected chi connectivity index (χ4v) is 2.25. The molecule has 0 unspecified atom stereocenters. The largest absolute Gasteiger partial charge is 0.497 e. The van der Waals surface area contributed by atoms with E-state index < -0.39 is 10.8 Å². The van der Waals surface area contributed by atoms with Gasteiger partial charge in [0.05, 0.1) is 12.0 Å². The van der Waals surface area contributed by atoms with Crippen LogP contribution in [0.5, 0.6) is 5.75 Å². The Balaban J connectivity index is 2.15. The normalized spacial score (nSPS) is 10.2. The van der Waals surface area contributed by atoms with Crippen LogP contribution in [0.3, 0.4) is 0 Å². The van der Waals surface area contributed by atoms with Crippen molar-refractivity contribution in [2.45, 2.75) is 19.8 Å². The van der Waals surface area contributed by atoms with Crippen molar-refractivity contribution in [1.82, 2.24) is 0 Å². The predicted molar refractivity (Wildman–Crippen MR) is 97.4 cm³/mol. The molecule has 0 bridgehead atoms. The maximum atomic E-state index is 12.3. The van der Waals surface area contributed by atoms with E-state index >= 15 is 0 Å². The third-order valence-corrected chi connectivity index (χ3v) is 3.65. The Kier molecular flexibility index (Phi) is 6.33. The summed E-state index contributed by atoms with van der Waals surface area (Å²) in [5.41, 5.74) is 1.11. The summed E-state index contributed by atoms with van der Waals surface area (Å²) in [6.45, 7) is 2.69. The second-order valence-electron chi connectivity index (χ2n) is 5.45. The smallest absolute Gasteiger partial charge is 0.293 e. The number of nitrogens with one attached hydrogen (secondary N) is 2. The first-order valence-corrected chi connectivity index (χ1v) is 8.03. The zero-order valence-corrected chi connectivity index (χ0v) is 14.2. The first-order chi connectivity index (χ1) is 12.0. The van der Waals surface area contributed by atoms with E-state index in [-0.39, 0.29) is 11.3 Å². The molecule has 1 amide bonds. The van der Waals surface area contributed by atoms with Gasteiger partial charge in [0.25, 0.3) is 11.6 Å². The number of rotatable bonds is 8. The number of hydrogen-bond donors (Lipinski definition) is 2. The molecule has 2 N–H and O–H groups in total. The van der Waals surface area contributed by atoms with Crippen LogP contribution in [0.15, 0.2) is 42.5 Å². The first kappa shape index (κ1) is 18.3. The molecule has 0 aromatic heterocycles. The number of carbonyl (C=O) groups excluding carboxylic acids is 1. The molecule has 2 rings (SSSR count). The van der Waals surface area contributed by atoms with Gasteiger partial charge in [-0.3, -0.25) is 14.9 Å². The average molecular weight is 343 g/mol. The van der Waals surface area contributed by atoms with Gasteiger partial charge in [0.15, 0.2) is 0 Å². The van der Waals surface area contributed by atoms with E-state index in [1.54, 1.807) is 43.5 Å². The Bertz CT molecular complexity index is 744. The van der Waals surface area contributed by atoms with Crippen molar-refractivity contribution in [3.8, 4) is 5.75 Å². The summed E-state index contributed by atoms with van der Waals surface area (Å²) < 4.78 is 5.06. The lowest BCUT2D eigenvalue weighted by atomic mass is 10.1. The lowest BCUT2D eigenvalue weighted by Gasteiger charge is -2.09. The summed E-state index contributed by atoms with van der Waals surface area (Å²) in [4.78, 5) is 23.1. The highest BCUT2D eigenvalue weighted by Gasteiger charge is 2.17. The van der Waals surface area contributed by atoms with Crippen LogP contribution in [-0.4, -0.2) is 24.5 Å². The minimum absolute atomic E-state index is 0.113. The van der Waals surface area contributed by atoms with Crippen molar-refractivity contribution in [2.24, 2.45) is 0 Å². The Morgan fingerprint density at radius 2 is 1.92 bits per heavy atom. The van der Waals surface area contributed by atoms with E-state index in [0.717, 1.165) is 12.8 Å². The standard InChI is InChI=1S/C18H21N3O4/c1-3-4-11-19-16-10-5-13(12-17(16)21(23)24)18(22)20-14-6-8-15(25-2)9-7-14/h5-10,12,19H,3-4,11H2,1-2H3,(H,20,22). The number of nitro groups is 1. The summed E-state index contributed by atoms with van der Waals surface area (Å²) >= 11 is 0. The van der Waals surface area contributed by atoms with Gasteiger partial charge >= 0.3 is 0 Å². The Hall–Kier alpha value is -3.09. The van der Waals surface area contributed by atoms with Crippen molar-refractivity contribution < 1.29 is 14.5 Å². The van der Waals surface area contributed by atoms with Crippen LogP contribution < -0.4 is 15.4 Å². The molecule has 0 aliphatic carbocycles. The van der Waals surface area contributed by atoms with Crippen molar-refractivity contribution in [3.63, 3.8) is 0 Å². The van der Waals surface area contributed by atoms with Crippen molar-refractivity contribution >= 4 is 23.0 Å². The molecule has 0 radical (unpaired) electrons. The fraction of sp³-hybridized carbons (Fsp3) is 0.278. The molecule has 0 saturated carbocycles. The Morgan fingerprint density at radius 1 is 1.20 bits per heavy atom. The Morgan fingerprint density at radius 3 is 2.52 bits per heavy atom. The van der Waals surface area contributed by atoms with Crippen LogP contribution in [-0.2, 0) is 0 Å². The molecular formula is C18H21N3O4. The number of ether oxygens (including phenoxy) is 1. The van der Waals surface area contributed by atoms with E-state index in [1.807, 2.05) is 6.92 Å². The molecule has 0 aliphatic heterocycles. The van der Waals surface area contributed by atoms with Gasteiger partial charge in [0, 0.05) is 23.9 Å². The molecule has 0 fully saturated rings. The summed E-state index contributed by atoms with van der Waals surface area (Å²) in [6, 6.07) is 11.3. The lowest BCUT2D eigenvalue weighted by Crippen LogP contribution is -2.13. The van der Waals surface area contributed by atoms with Gasteiger partial charge in [-0.15, -0.1) is 0 Å². The number of carbonyl (C=O) groups is 1. The van der Waals surface area contributed by atoms with Crippen molar-refractivity contribution in [2.75, 3.05) is 24.3 Å². The second-order valence-corrected chi connectivity index (χ2v) is 5.45. The molecule has 0 aliphatic rings. The minimum atomic E-state index is -0.488. The molecule has 7 nitrogen and oxygen atoms in total. The summed E-state index contributed by atoms with van der Waals surface area (Å²) in [5.74, 6) is 0.268. The van der Waals surface area contributed by atoms with E-state index in [9.17, 15) is 14.9 Å². The fourth-order valence-electron chi connectivity index (χ4n) is 2.25. The molecule has 7 heteroatoms. The summed E-state index contributed by atoms with van der Waals surface area (Å²) in [5, 5.41) is 17.0. The monoisotopic (exact) mass is 343 g/mol. The molecule has 25 heavy (non-hydrogen) atoms. The van der Waals surface area contributed by atoms with Crippen LogP contribution in [0.4, 0.5) is 17.1 Å². The minimum Gasteiger partial charge on any atom is -0.497 e. The molecule has 2 aromatic rings. The number of benzene rings is 2. The van der Waals surface area contributed by atoms with Crippen LogP contribution in [0.25, 0.3) is 0 Å².